The Balaban J connectivity index is 1.84. The van der Waals surface area contributed by atoms with Gasteiger partial charge in [-0.2, -0.15) is 0 Å². The Morgan fingerprint density at radius 3 is 2.90 bits per heavy atom. The number of pyridine rings is 1. The van der Waals surface area contributed by atoms with Gasteiger partial charge in [-0.05, 0) is 49.3 Å². The summed E-state index contributed by atoms with van der Waals surface area (Å²) in [7, 11) is 0. The Morgan fingerprint density at radius 1 is 1.35 bits per heavy atom. The number of hydrogen-bond acceptors (Lipinski definition) is 3. The van der Waals surface area contributed by atoms with Gasteiger partial charge in [0.25, 0.3) is 0 Å². The lowest BCUT2D eigenvalue weighted by molar-refractivity contribution is -0.136. The van der Waals surface area contributed by atoms with E-state index in [2.05, 4.69) is 24.0 Å². The first kappa shape index (κ1) is 15.0. The third-order valence-electron chi connectivity index (χ3n) is 3.83. The van der Waals surface area contributed by atoms with Crippen LogP contribution in [0.1, 0.15) is 44.1 Å². The van der Waals surface area contributed by atoms with E-state index in [-0.39, 0.29) is 12.5 Å². The van der Waals surface area contributed by atoms with E-state index >= 15 is 0 Å². The van der Waals surface area contributed by atoms with E-state index in [1.165, 1.54) is 5.56 Å². The minimum Gasteiger partial charge on any atom is -0.372 e. The highest BCUT2D eigenvalue weighted by Gasteiger charge is 2.21. The standard InChI is InChI=1S/C16H24N2O2/c1-2-12-20-13-16(19)18-10-3-4-14(7-11-18)15-5-8-17-9-6-15/h5-6,8-9,14H,2-4,7,10-13H2,1H3. The van der Waals surface area contributed by atoms with Gasteiger partial charge < -0.3 is 9.64 Å². The third-order valence-corrected chi connectivity index (χ3v) is 3.83. The first-order valence-electron chi connectivity index (χ1n) is 7.56. The van der Waals surface area contributed by atoms with Gasteiger partial charge in [0, 0.05) is 32.1 Å². The van der Waals surface area contributed by atoms with E-state index in [4.69, 9.17) is 4.74 Å². The second kappa shape index (κ2) is 8.00. The molecule has 1 aromatic heterocycles. The highest BCUT2D eigenvalue weighted by molar-refractivity contribution is 5.77. The van der Waals surface area contributed by atoms with E-state index < -0.39 is 0 Å². The lowest BCUT2D eigenvalue weighted by Crippen LogP contribution is -2.35. The van der Waals surface area contributed by atoms with Gasteiger partial charge in [-0.1, -0.05) is 6.92 Å². The first-order chi connectivity index (χ1) is 9.81. The maximum absolute atomic E-state index is 12.1. The Labute approximate surface area is 121 Å². The lowest BCUT2D eigenvalue weighted by Gasteiger charge is -2.20. The molecule has 1 aliphatic rings. The highest BCUT2D eigenvalue weighted by Crippen LogP contribution is 2.27. The van der Waals surface area contributed by atoms with E-state index in [0.29, 0.717) is 12.5 Å². The molecule has 0 bridgehead atoms. The summed E-state index contributed by atoms with van der Waals surface area (Å²) in [5.74, 6) is 0.682. The van der Waals surface area contributed by atoms with Crippen LogP contribution in [0.5, 0.6) is 0 Å². The molecule has 20 heavy (non-hydrogen) atoms. The van der Waals surface area contributed by atoms with Gasteiger partial charge in [0.05, 0.1) is 0 Å². The summed E-state index contributed by atoms with van der Waals surface area (Å²) in [6.07, 6.45) is 7.89. The Morgan fingerprint density at radius 2 is 2.15 bits per heavy atom. The average molecular weight is 276 g/mol. The molecule has 2 rings (SSSR count). The molecule has 0 radical (unpaired) electrons. The maximum atomic E-state index is 12.1. The molecular weight excluding hydrogens is 252 g/mol. The number of hydrogen-bond donors (Lipinski definition) is 0. The number of aromatic nitrogens is 1. The van der Waals surface area contributed by atoms with Crippen LogP contribution < -0.4 is 0 Å². The van der Waals surface area contributed by atoms with E-state index in [1.807, 2.05) is 17.3 Å². The van der Waals surface area contributed by atoms with Gasteiger partial charge in [0.15, 0.2) is 0 Å². The Hall–Kier alpha value is -1.42. The molecule has 4 heteroatoms. The van der Waals surface area contributed by atoms with Crippen molar-refractivity contribution >= 4 is 5.91 Å². The van der Waals surface area contributed by atoms with Crippen molar-refractivity contribution in [2.45, 2.75) is 38.5 Å². The number of nitrogens with zero attached hydrogens (tertiary/aromatic N) is 2. The molecule has 0 aliphatic carbocycles. The maximum Gasteiger partial charge on any atom is 0.248 e. The number of ether oxygens (including phenoxy) is 1. The number of carbonyl (C=O) groups excluding carboxylic acids is 1. The van der Waals surface area contributed by atoms with E-state index in [1.54, 1.807) is 0 Å². The molecule has 0 spiro atoms. The summed E-state index contributed by atoms with van der Waals surface area (Å²) >= 11 is 0. The first-order valence-corrected chi connectivity index (χ1v) is 7.56. The van der Waals surface area contributed by atoms with Crippen LogP contribution >= 0.6 is 0 Å². The number of likely N-dealkylation sites (tertiary alicyclic amines) is 1. The fourth-order valence-electron chi connectivity index (χ4n) is 2.71. The van der Waals surface area contributed by atoms with Gasteiger partial charge in [0.1, 0.15) is 6.61 Å². The van der Waals surface area contributed by atoms with Crippen LogP contribution in [0.25, 0.3) is 0 Å². The van der Waals surface area contributed by atoms with Crippen molar-refractivity contribution in [2.75, 3.05) is 26.3 Å². The van der Waals surface area contributed by atoms with Crippen LogP contribution in [-0.2, 0) is 9.53 Å². The molecule has 0 saturated carbocycles. The zero-order valence-electron chi connectivity index (χ0n) is 12.3. The second-order valence-electron chi connectivity index (χ2n) is 5.34. The summed E-state index contributed by atoms with van der Waals surface area (Å²) in [5, 5.41) is 0. The molecule has 110 valence electrons. The molecule has 1 aromatic rings. The molecule has 0 aromatic carbocycles. The van der Waals surface area contributed by atoms with Crippen LogP contribution in [0.2, 0.25) is 0 Å². The fraction of sp³-hybridized carbons (Fsp3) is 0.625. The van der Waals surface area contributed by atoms with Gasteiger partial charge in [-0.15, -0.1) is 0 Å². The number of carbonyl (C=O) groups is 1. The molecule has 4 nitrogen and oxygen atoms in total. The fourth-order valence-corrected chi connectivity index (χ4v) is 2.71. The molecule has 1 aliphatic heterocycles. The minimum atomic E-state index is 0.133. The number of amides is 1. The largest absolute Gasteiger partial charge is 0.372 e. The quantitative estimate of drug-likeness (QED) is 0.776. The van der Waals surface area contributed by atoms with Gasteiger partial charge in [0.2, 0.25) is 5.91 Å². The van der Waals surface area contributed by atoms with Crippen molar-refractivity contribution in [3.8, 4) is 0 Å². The topological polar surface area (TPSA) is 42.4 Å². The zero-order chi connectivity index (χ0) is 14.2. The van der Waals surface area contributed by atoms with Gasteiger partial charge >= 0.3 is 0 Å². The molecule has 2 heterocycles. The second-order valence-corrected chi connectivity index (χ2v) is 5.34. The van der Waals surface area contributed by atoms with E-state index in [0.717, 1.165) is 38.8 Å². The summed E-state index contributed by atoms with van der Waals surface area (Å²) in [4.78, 5) is 18.1. The molecule has 0 N–H and O–H groups in total. The SMILES string of the molecule is CCCOCC(=O)N1CCCC(c2ccncc2)CC1. The molecule has 1 saturated heterocycles. The van der Waals surface area contributed by atoms with Crippen molar-refractivity contribution in [1.29, 1.82) is 0 Å². The Kier molecular flexibility index (Phi) is 5.99. The monoisotopic (exact) mass is 276 g/mol. The van der Waals surface area contributed by atoms with Crippen LogP contribution in [-0.4, -0.2) is 42.1 Å². The van der Waals surface area contributed by atoms with Crippen LogP contribution in [0.3, 0.4) is 0 Å². The molecule has 1 atom stereocenters. The van der Waals surface area contributed by atoms with Crippen molar-refractivity contribution < 1.29 is 9.53 Å². The summed E-state index contributed by atoms with van der Waals surface area (Å²) < 4.78 is 5.35. The van der Waals surface area contributed by atoms with Crippen LogP contribution in [0.4, 0.5) is 0 Å². The lowest BCUT2D eigenvalue weighted by atomic mass is 9.93. The van der Waals surface area contributed by atoms with E-state index in [9.17, 15) is 4.79 Å². The van der Waals surface area contributed by atoms with Crippen molar-refractivity contribution in [1.82, 2.24) is 9.88 Å². The van der Waals surface area contributed by atoms with Gasteiger partial charge in [-0.25, -0.2) is 0 Å². The average Bonchev–Trinajstić information content (AvgIpc) is 2.74. The van der Waals surface area contributed by atoms with Crippen LogP contribution in [0.15, 0.2) is 24.5 Å². The predicted molar refractivity (Wildman–Crippen MR) is 78.5 cm³/mol. The molecule has 1 fully saturated rings. The summed E-state index contributed by atoms with van der Waals surface area (Å²) in [6, 6.07) is 4.18. The van der Waals surface area contributed by atoms with Crippen LogP contribution in [0, 0.1) is 0 Å². The van der Waals surface area contributed by atoms with Crippen molar-refractivity contribution in [3.05, 3.63) is 30.1 Å². The number of rotatable bonds is 5. The molecular formula is C16H24N2O2. The van der Waals surface area contributed by atoms with Crippen molar-refractivity contribution in [3.63, 3.8) is 0 Å². The third kappa shape index (κ3) is 4.30. The van der Waals surface area contributed by atoms with Crippen molar-refractivity contribution in [2.24, 2.45) is 0 Å². The zero-order valence-corrected chi connectivity index (χ0v) is 12.3. The normalized spacial score (nSPS) is 19.6. The molecule has 1 unspecified atom stereocenters. The smallest absolute Gasteiger partial charge is 0.248 e. The predicted octanol–water partition coefficient (Wildman–Crippen LogP) is 2.60. The minimum absolute atomic E-state index is 0.133. The highest BCUT2D eigenvalue weighted by atomic mass is 16.5. The Bertz CT molecular complexity index is 408. The van der Waals surface area contributed by atoms with Gasteiger partial charge in [-0.3, -0.25) is 9.78 Å². The summed E-state index contributed by atoms with van der Waals surface area (Å²) in [6.45, 7) is 4.64. The summed E-state index contributed by atoms with van der Waals surface area (Å²) in [5.41, 5.74) is 1.34. The molecule has 1 amide bonds.